The minimum absolute atomic E-state index is 0.213. The van der Waals surface area contributed by atoms with Crippen LogP contribution >= 0.6 is 0 Å². The Balaban J connectivity index is 2.31. The van der Waals surface area contributed by atoms with Crippen LogP contribution in [0.3, 0.4) is 0 Å². The number of hydrogen-bond acceptors (Lipinski definition) is 2. The van der Waals surface area contributed by atoms with E-state index in [0.29, 0.717) is 6.42 Å². The molecular weight excluding hydrogens is 258 g/mol. The third-order valence-electron chi connectivity index (χ3n) is 3.55. The van der Waals surface area contributed by atoms with Gasteiger partial charge >= 0.3 is 0 Å². The number of hydrogen-bond donors (Lipinski definition) is 2. The van der Waals surface area contributed by atoms with E-state index in [-0.39, 0.29) is 17.7 Å². The van der Waals surface area contributed by atoms with Crippen molar-refractivity contribution in [2.45, 2.75) is 26.3 Å². The molecule has 0 aromatic heterocycles. The van der Waals surface area contributed by atoms with E-state index in [9.17, 15) is 8.78 Å². The molecule has 0 heterocycles. The van der Waals surface area contributed by atoms with Crippen molar-refractivity contribution in [3.05, 3.63) is 70.3 Å². The zero-order chi connectivity index (χ0) is 14.7. The highest BCUT2D eigenvalue weighted by molar-refractivity contribution is 5.33. The lowest BCUT2D eigenvalue weighted by atomic mass is 9.94. The van der Waals surface area contributed by atoms with E-state index in [0.717, 1.165) is 22.3 Å². The van der Waals surface area contributed by atoms with E-state index in [4.69, 9.17) is 5.84 Å². The third kappa shape index (κ3) is 3.21. The van der Waals surface area contributed by atoms with Gasteiger partial charge in [0, 0.05) is 0 Å². The van der Waals surface area contributed by atoms with Crippen LogP contribution in [0.5, 0.6) is 0 Å². The lowest BCUT2D eigenvalue weighted by Gasteiger charge is -2.20. The highest BCUT2D eigenvalue weighted by Gasteiger charge is 2.15. The van der Waals surface area contributed by atoms with E-state index >= 15 is 0 Å². The summed E-state index contributed by atoms with van der Waals surface area (Å²) in [4.78, 5) is 0. The molecule has 106 valence electrons. The highest BCUT2D eigenvalue weighted by Crippen LogP contribution is 2.24. The Bertz CT molecular complexity index is 611. The summed E-state index contributed by atoms with van der Waals surface area (Å²) in [5, 5.41) is 0. The maximum atomic E-state index is 13.4. The molecule has 0 aliphatic heterocycles. The molecule has 0 radical (unpaired) electrons. The fourth-order valence-electron chi connectivity index (χ4n) is 2.35. The zero-order valence-corrected chi connectivity index (χ0v) is 11.6. The van der Waals surface area contributed by atoms with Gasteiger partial charge in [0.15, 0.2) is 0 Å². The molecular formula is C16H18F2N2. The first kappa shape index (κ1) is 14.6. The molecule has 0 amide bonds. The first-order valence-corrected chi connectivity index (χ1v) is 6.48. The van der Waals surface area contributed by atoms with Crippen LogP contribution in [0.2, 0.25) is 0 Å². The van der Waals surface area contributed by atoms with Crippen molar-refractivity contribution in [1.29, 1.82) is 0 Å². The van der Waals surface area contributed by atoms with Crippen LogP contribution in [0.1, 0.15) is 28.3 Å². The summed E-state index contributed by atoms with van der Waals surface area (Å²) in [6, 6.07) is 9.08. The average molecular weight is 276 g/mol. The summed E-state index contributed by atoms with van der Waals surface area (Å²) >= 11 is 0. The van der Waals surface area contributed by atoms with Gasteiger partial charge in [-0.15, -0.1) is 0 Å². The van der Waals surface area contributed by atoms with Gasteiger partial charge in [0.25, 0.3) is 0 Å². The zero-order valence-electron chi connectivity index (χ0n) is 11.6. The minimum atomic E-state index is -0.290. The molecule has 4 heteroatoms. The van der Waals surface area contributed by atoms with Crippen molar-refractivity contribution >= 4 is 0 Å². The standard InChI is InChI=1S/C16H18F2N2/c1-10-3-5-14(18)9-15(10)16(20-19)8-12-4-6-13(17)7-11(12)2/h3-7,9,16,20H,8,19H2,1-2H3. The number of hydrazine groups is 1. The van der Waals surface area contributed by atoms with Crippen LogP contribution < -0.4 is 11.3 Å². The predicted molar refractivity (Wildman–Crippen MR) is 76.0 cm³/mol. The van der Waals surface area contributed by atoms with E-state index in [1.165, 1.54) is 24.3 Å². The maximum Gasteiger partial charge on any atom is 0.123 e. The summed E-state index contributed by atoms with van der Waals surface area (Å²) in [7, 11) is 0. The lowest BCUT2D eigenvalue weighted by molar-refractivity contribution is 0.539. The van der Waals surface area contributed by atoms with Crippen molar-refractivity contribution in [3.63, 3.8) is 0 Å². The van der Waals surface area contributed by atoms with Gasteiger partial charge in [0.05, 0.1) is 6.04 Å². The fraction of sp³-hybridized carbons (Fsp3) is 0.250. The topological polar surface area (TPSA) is 38.0 Å². The largest absolute Gasteiger partial charge is 0.271 e. The summed E-state index contributed by atoms with van der Waals surface area (Å²) in [6.07, 6.45) is 0.576. The Labute approximate surface area is 117 Å². The second kappa shape index (κ2) is 6.11. The van der Waals surface area contributed by atoms with Crippen LogP contribution in [0.25, 0.3) is 0 Å². The molecule has 1 unspecified atom stereocenters. The molecule has 0 fully saturated rings. The van der Waals surface area contributed by atoms with Gasteiger partial charge in [-0.2, -0.15) is 0 Å². The molecule has 0 aliphatic carbocycles. The number of nitrogens with two attached hydrogens (primary N) is 1. The maximum absolute atomic E-state index is 13.4. The van der Waals surface area contributed by atoms with Gasteiger partial charge in [0.2, 0.25) is 0 Å². The molecule has 1 atom stereocenters. The Morgan fingerprint density at radius 3 is 2.30 bits per heavy atom. The van der Waals surface area contributed by atoms with E-state index < -0.39 is 0 Å². The third-order valence-corrected chi connectivity index (χ3v) is 3.55. The van der Waals surface area contributed by atoms with Crippen molar-refractivity contribution in [3.8, 4) is 0 Å². The Morgan fingerprint density at radius 2 is 1.65 bits per heavy atom. The van der Waals surface area contributed by atoms with Crippen molar-refractivity contribution in [2.75, 3.05) is 0 Å². The fourth-order valence-corrected chi connectivity index (χ4v) is 2.35. The highest BCUT2D eigenvalue weighted by atomic mass is 19.1. The quantitative estimate of drug-likeness (QED) is 0.664. The number of aryl methyl sites for hydroxylation is 2. The normalized spacial score (nSPS) is 12.4. The molecule has 2 aromatic carbocycles. The average Bonchev–Trinajstić information content (AvgIpc) is 2.41. The summed E-state index contributed by atoms with van der Waals surface area (Å²) in [5.74, 6) is 5.06. The molecule has 20 heavy (non-hydrogen) atoms. The Kier molecular flexibility index (Phi) is 4.47. The van der Waals surface area contributed by atoms with E-state index in [2.05, 4.69) is 5.43 Å². The smallest absolute Gasteiger partial charge is 0.123 e. The second-order valence-electron chi connectivity index (χ2n) is 5.00. The van der Waals surface area contributed by atoms with Crippen LogP contribution in [0, 0.1) is 25.5 Å². The van der Waals surface area contributed by atoms with Crippen LogP contribution in [0.15, 0.2) is 36.4 Å². The predicted octanol–water partition coefficient (Wildman–Crippen LogP) is 3.33. The van der Waals surface area contributed by atoms with Gasteiger partial charge in [-0.3, -0.25) is 11.3 Å². The first-order valence-electron chi connectivity index (χ1n) is 6.48. The molecule has 0 aliphatic rings. The number of benzene rings is 2. The monoisotopic (exact) mass is 276 g/mol. The molecule has 2 nitrogen and oxygen atoms in total. The molecule has 0 saturated carbocycles. The number of rotatable bonds is 4. The number of nitrogens with one attached hydrogen (secondary N) is 1. The molecule has 2 rings (SSSR count). The van der Waals surface area contributed by atoms with Crippen molar-refractivity contribution in [1.82, 2.24) is 5.43 Å². The first-order chi connectivity index (χ1) is 9.51. The van der Waals surface area contributed by atoms with Gasteiger partial charge < -0.3 is 0 Å². The van der Waals surface area contributed by atoms with E-state index in [1.54, 1.807) is 12.1 Å². The summed E-state index contributed by atoms with van der Waals surface area (Å²) in [5.41, 5.74) is 6.34. The Hall–Kier alpha value is -1.78. The summed E-state index contributed by atoms with van der Waals surface area (Å²) < 4.78 is 26.5. The SMILES string of the molecule is Cc1cc(F)ccc1CC(NN)c1cc(F)ccc1C. The van der Waals surface area contributed by atoms with Crippen LogP contribution in [-0.2, 0) is 6.42 Å². The van der Waals surface area contributed by atoms with E-state index in [1.807, 2.05) is 13.8 Å². The van der Waals surface area contributed by atoms with Gasteiger partial charge in [0.1, 0.15) is 11.6 Å². The number of halogens is 2. The molecule has 0 spiro atoms. The van der Waals surface area contributed by atoms with Gasteiger partial charge in [-0.1, -0.05) is 12.1 Å². The van der Waals surface area contributed by atoms with Crippen LogP contribution in [0.4, 0.5) is 8.78 Å². The summed E-state index contributed by atoms with van der Waals surface area (Å²) in [6.45, 7) is 3.76. The van der Waals surface area contributed by atoms with Crippen molar-refractivity contribution < 1.29 is 8.78 Å². The minimum Gasteiger partial charge on any atom is -0.271 e. The Morgan fingerprint density at radius 1 is 1.00 bits per heavy atom. The lowest BCUT2D eigenvalue weighted by Crippen LogP contribution is -2.30. The molecule has 3 N–H and O–H groups in total. The molecule has 0 saturated heterocycles. The van der Waals surface area contributed by atoms with Crippen LogP contribution in [-0.4, -0.2) is 0 Å². The molecule has 2 aromatic rings. The van der Waals surface area contributed by atoms with Crippen molar-refractivity contribution in [2.24, 2.45) is 5.84 Å². The second-order valence-corrected chi connectivity index (χ2v) is 5.00. The van der Waals surface area contributed by atoms with Gasteiger partial charge in [-0.05, 0) is 66.8 Å². The molecule has 0 bridgehead atoms. The van der Waals surface area contributed by atoms with Gasteiger partial charge in [-0.25, -0.2) is 8.78 Å².